The smallest absolute Gasteiger partial charge is 0.306 e. The highest BCUT2D eigenvalue weighted by Crippen LogP contribution is 2.17. The maximum atomic E-state index is 12.9. The largest absolute Gasteiger partial charge is 0.462 e. The highest BCUT2D eigenvalue weighted by Gasteiger charge is 2.19. The van der Waals surface area contributed by atoms with Gasteiger partial charge in [-0.3, -0.25) is 14.4 Å². The number of esters is 3. The molecule has 0 aliphatic heterocycles. The summed E-state index contributed by atoms with van der Waals surface area (Å²) in [5.74, 6) is -0.862. The SMILES string of the molecule is CC/C=C\C/C=C\C/C=C\C/C=C\C/C=C\CCCCCCCCCCCCCCCCCCCC(=O)OCC(COC(=O)CCCCCCCCCCCCCCC)OC(=O)CCCCCCC/C=C\CCCCCCC. The highest BCUT2D eigenvalue weighted by molar-refractivity contribution is 5.71. The van der Waals surface area contributed by atoms with E-state index in [4.69, 9.17) is 14.2 Å². The third kappa shape index (κ3) is 63.7. The van der Waals surface area contributed by atoms with Gasteiger partial charge < -0.3 is 14.2 Å². The molecule has 0 radical (unpaired) electrons. The van der Waals surface area contributed by atoms with Gasteiger partial charge in [-0.2, -0.15) is 0 Å². The van der Waals surface area contributed by atoms with Crippen LogP contribution < -0.4 is 0 Å². The molecule has 0 rings (SSSR count). The number of allylic oxidation sites excluding steroid dienone is 12. The highest BCUT2D eigenvalue weighted by atomic mass is 16.6. The molecule has 0 aromatic carbocycles. The van der Waals surface area contributed by atoms with Gasteiger partial charge in [0.1, 0.15) is 13.2 Å². The van der Waals surface area contributed by atoms with Gasteiger partial charge >= 0.3 is 17.9 Å². The first kappa shape index (κ1) is 74.8. The molecule has 78 heavy (non-hydrogen) atoms. The normalized spacial score (nSPS) is 12.5. The predicted octanol–water partition coefficient (Wildman–Crippen LogP) is 23.3. The number of hydrogen-bond acceptors (Lipinski definition) is 6. The Kier molecular flexibility index (Phi) is 63.7. The predicted molar refractivity (Wildman–Crippen MR) is 339 cm³/mol. The van der Waals surface area contributed by atoms with E-state index in [2.05, 4.69) is 93.7 Å². The van der Waals surface area contributed by atoms with E-state index in [0.29, 0.717) is 19.3 Å². The second kappa shape index (κ2) is 66.4. The molecule has 0 aliphatic carbocycles. The van der Waals surface area contributed by atoms with E-state index >= 15 is 0 Å². The lowest BCUT2D eigenvalue weighted by Crippen LogP contribution is -2.30. The van der Waals surface area contributed by atoms with E-state index in [1.165, 1.54) is 212 Å². The summed E-state index contributed by atoms with van der Waals surface area (Å²) in [6.07, 6.45) is 86.4. The number of hydrogen-bond donors (Lipinski definition) is 0. The molecule has 0 heterocycles. The van der Waals surface area contributed by atoms with Crippen molar-refractivity contribution in [2.75, 3.05) is 13.2 Å². The number of unbranched alkanes of at least 4 members (excludes halogenated alkanes) is 39. The molecule has 0 bridgehead atoms. The Balaban J connectivity index is 4.12. The molecule has 0 fully saturated rings. The zero-order valence-corrected chi connectivity index (χ0v) is 51.9. The van der Waals surface area contributed by atoms with E-state index in [0.717, 1.165) is 96.3 Å². The van der Waals surface area contributed by atoms with Crippen molar-refractivity contribution < 1.29 is 28.6 Å². The lowest BCUT2D eigenvalue weighted by Gasteiger charge is -2.18. The molecule has 6 nitrogen and oxygen atoms in total. The van der Waals surface area contributed by atoms with Crippen molar-refractivity contribution in [3.8, 4) is 0 Å². The van der Waals surface area contributed by atoms with Crippen LogP contribution in [0.5, 0.6) is 0 Å². The van der Waals surface area contributed by atoms with Gasteiger partial charge in [0.25, 0.3) is 0 Å². The molecule has 0 aromatic heterocycles. The van der Waals surface area contributed by atoms with Crippen molar-refractivity contribution in [3.05, 3.63) is 72.9 Å². The van der Waals surface area contributed by atoms with Crippen LogP contribution in [0.4, 0.5) is 0 Å². The van der Waals surface area contributed by atoms with Crippen molar-refractivity contribution >= 4 is 17.9 Å². The second-order valence-electron chi connectivity index (χ2n) is 22.7. The summed E-state index contributed by atoms with van der Waals surface area (Å²) in [5.41, 5.74) is 0. The van der Waals surface area contributed by atoms with Crippen molar-refractivity contribution in [2.24, 2.45) is 0 Å². The summed E-state index contributed by atoms with van der Waals surface area (Å²) in [7, 11) is 0. The topological polar surface area (TPSA) is 78.9 Å². The summed E-state index contributed by atoms with van der Waals surface area (Å²) >= 11 is 0. The summed E-state index contributed by atoms with van der Waals surface area (Å²) in [5, 5.41) is 0. The summed E-state index contributed by atoms with van der Waals surface area (Å²) < 4.78 is 16.9. The number of carbonyl (C=O) groups excluding carboxylic acids is 3. The maximum absolute atomic E-state index is 12.9. The Morgan fingerprint density at radius 1 is 0.269 bits per heavy atom. The third-order valence-electron chi connectivity index (χ3n) is 14.9. The van der Waals surface area contributed by atoms with Crippen LogP contribution in [0.3, 0.4) is 0 Å². The van der Waals surface area contributed by atoms with Gasteiger partial charge in [-0.05, 0) is 89.9 Å². The van der Waals surface area contributed by atoms with Gasteiger partial charge in [-0.1, -0.05) is 312 Å². The molecule has 0 amide bonds. The first-order valence-corrected chi connectivity index (χ1v) is 33.9. The van der Waals surface area contributed by atoms with Gasteiger partial charge in [-0.15, -0.1) is 0 Å². The fraction of sp³-hybridized carbons (Fsp3) is 0.792. The number of carbonyl (C=O) groups is 3. The Labute approximate surface area is 484 Å². The van der Waals surface area contributed by atoms with E-state index < -0.39 is 6.10 Å². The quantitative estimate of drug-likeness (QED) is 0.0261. The number of rotatable bonds is 62. The molecular weight excluding hydrogens is 961 g/mol. The van der Waals surface area contributed by atoms with Crippen LogP contribution in [-0.4, -0.2) is 37.2 Å². The minimum atomic E-state index is -0.776. The molecule has 0 N–H and O–H groups in total. The van der Waals surface area contributed by atoms with Crippen LogP contribution in [0, 0.1) is 0 Å². The molecule has 0 spiro atoms. The van der Waals surface area contributed by atoms with Crippen LogP contribution in [-0.2, 0) is 28.6 Å². The monoisotopic (exact) mass is 1090 g/mol. The van der Waals surface area contributed by atoms with Crippen LogP contribution in [0.15, 0.2) is 72.9 Å². The number of ether oxygens (including phenoxy) is 3. The molecule has 0 aromatic rings. The standard InChI is InChI=1S/C72H128O6/c1-4-7-10-13-16-19-22-25-27-28-29-30-31-32-33-34-35-36-37-38-39-40-41-42-43-44-45-48-50-53-56-59-62-65-71(74)77-68-69(67-76-70(73)64-61-58-55-52-49-46-24-21-18-15-12-9-6-3)78-72(75)66-63-60-57-54-51-47-26-23-20-17-14-11-8-5-2/h7,10,16,19,23,25-27,29-30,32-33,69H,4-6,8-9,11-15,17-18,20-22,24,28,31,34-68H2,1-3H3/b10-7-,19-16-,26-23-,27-25-,30-29-,33-32-. The van der Waals surface area contributed by atoms with Crippen LogP contribution in [0.1, 0.15) is 348 Å². The summed E-state index contributed by atoms with van der Waals surface area (Å²) in [4.78, 5) is 38.3. The minimum absolute atomic E-state index is 0.0726. The maximum Gasteiger partial charge on any atom is 0.306 e. The molecular formula is C72H128O6. The first-order valence-electron chi connectivity index (χ1n) is 33.9. The summed E-state index contributed by atoms with van der Waals surface area (Å²) in [6, 6.07) is 0. The fourth-order valence-corrected chi connectivity index (χ4v) is 9.88. The van der Waals surface area contributed by atoms with Gasteiger partial charge in [0.15, 0.2) is 6.10 Å². The average molecular weight is 1090 g/mol. The van der Waals surface area contributed by atoms with Crippen LogP contribution in [0.25, 0.3) is 0 Å². The fourth-order valence-electron chi connectivity index (χ4n) is 9.88. The summed E-state index contributed by atoms with van der Waals surface area (Å²) in [6.45, 7) is 6.55. The van der Waals surface area contributed by atoms with E-state index in [1.54, 1.807) is 0 Å². The Morgan fingerprint density at radius 2 is 0.500 bits per heavy atom. The third-order valence-corrected chi connectivity index (χ3v) is 14.9. The van der Waals surface area contributed by atoms with Crippen molar-refractivity contribution in [1.29, 1.82) is 0 Å². The first-order chi connectivity index (χ1) is 38.5. The van der Waals surface area contributed by atoms with Gasteiger partial charge in [0.05, 0.1) is 0 Å². The van der Waals surface area contributed by atoms with Gasteiger partial charge in [0, 0.05) is 19.3 Å². The zero-order valence-electron chi connectivity index (χ0n) is 51.9. The minimum Gasteiger partial charge on any atom is -0.462 e. The van der Waals surface area contributed by atoms with Crippen LogP contribution >= 0.6 is 0 Å². The van der Waals surface area contributed by atoms with Crippen LogP contribution in [0.2, 0.25) is 0 Å². The van der Waals surface area contributed by atoms with E-state index in [9.17, 15) is 14.4 Å². The Morgan fingerprint density at radius 3 is 0.795 bits per heavy atom. The molecule has 0 saturated heterocycles. The molecule has 1 atom stereocenters. The van der Waals surface area contributed by atoms with Crippen molar-refractivity contribution in [2.45, 2.75) is 354 Å². The molecule has 1 unspecified atom stereocenters. The second-order valence-corrected chi connectivity index (χ2v) is 22.7. The Bertz CT molecular complexity index is 1440. The van der Waals surface area contributed by atoms with Crippen molar-refractivity contribution in [3.63, 3.8) is 0 Å². The lowest BCUT2D eigenvalue weighted by atomic mass is 10.0. The zero-order chi connectivity index (χ0) is 56.4. The molecule has 0 saturated carbocycles. The van der Waals surface area contributed by atoms with E-state index in [1.807, 2.05) is 0 Å². The van der Waals surface area contributed by atoms with Crippen molar-refractivity contribution in [1.82, 2.24) is 0 Å². The lowest BCUT2D eigenvalue weighted by molar-refractivity contribution is -0.167. The molecule has 0 aliphatic rings. The Hall–Kier alpha value is -3.15. The van der Waals surface area contributed by atoms with Gasteiger partial charge in [0.2, 0.25) is 0 Å². The molecule has 6 heteroatoms. The molecule has 452 valence electrons. The van der Waals surface area contributed by atoms with Gasteiger partial charge in [-0.25, -0.2) is 0 Å². The van der Waals surface area contributed by atoms with E-state index in [-0.39, 0.29) is 31.1 Å². The average Bonchev–Trinajstić information content (AvgIpc) is 3.44.